The Kier molecular flexibility index (Phi) is 6.24. The van der Waals surface area contributed by atoms with E-state index < -0.39 is 5.97 Å². The number of hydrogen-bond donors (Lipinski definition) is 1. The van der Waals surface area contributed by atoms with E-state index in [0.717, 1.165) is 5.56 Å². The van der Waals surface area contributed by atoms with E-state index in [9.17, 15) is 4.79 Å². The molecule has 1 atom stereocenters. The fraction of sp³-hybridized carbons (Fsp3) is 0.467. The first kappa shape index (κ1) is 18.3. The van der Waals surface area contributed by atoms with Gasteiger partial charge in [0.15, 0.2) is 0 Å². The highest BCUT2D eigenvalue weighted by Gasteiger charge is 2.21. The lowest BCUT2D eigenvalue weighted by Crippen LogP contribution is -2.32. The van der Waals surface area contributed by atoms with E-state index in [4.69, 9.17) is 26.8 Å². The summed E-state index contributed by atoms with van der Waals surface area (Å²) in [5.74, 6) is -0.362. The number of rotatable bonds is 7. The van der Waals surface area contributed by atoms with Crippen molar-refractivity contribution in [3.05, 3.63) is 29.1 Å². The minimum Gasteiger partial charge on any atom is -0.460 e. The van der Waals surface area contributed by atoms with Crippen LogP contribution in [0, 0.1) is 6.92 Å². The number of aryl methyl sites for hydroxylation is 1. The number of esters is 1. The molecule has 0 aromatic carbocycles. The van der Waals surface area contributed by atoms with Crippen LogP contribution in [0.1, 0.15) is 23.1 Å². The van der Waals surface area contributed by atoms with E-state index in [1.807, 2.05) is 6.92 Å². The summed E-state index contributed by atoms with van der Waals surface area (Å²) in [7, 11) is 1.57. The highest BCUT2D eigenvalue weighted by Crippen LogP contribution is 2.22. The third kappa shape index (κ3) is 4.28. The number of carbonyl (C=O) groups excluding carboxylic acids is 1. The maximum absolute atomic E-state index is 12.2. The van der Waals surface area contributed by atoms with Gasteiger partial charge in [0.2, 0.25) is 11.1 Å². The predicted octanol–water partition coefficient (Wildman–Crippen LogP) is 1.45. The Morgan fingerprint density at radius 1 is 1.46 bits per heavy atom. The van der Waals surface area contributed by atoms with Crippen molar-refractivity contribution in [3.8, 4) is 11.4 Å². The molecule has 0 saturated carbocycles. The third-order valence-electron chi connectivity index (χ3n) is 3.23. The lowest BCUT2D eigenvalue weighted by molar-refractivity contribution is 0.0505. The van der Waals surface area contributed by atoms with E-state index in [1.165, 1.54) is 0 Å². The average Bonchev–Trinajstić information content (AvgIpc) is 2.94. The second-order valence-electron chi connectivity index (χ2n) is 5.21. The van der Waals surface area contributed by atoms with E-state index in [1.54, 1.807) is 31.0 Å². The minimum atomic E-state index is -0.522. The average molecular weight is 354 g/mol. The summed E-state index contributed by atoms with van der Waals surface area (Å²) in [5.41, 5.74) is 7.84. The molecule has 2 rings (SSSR count). The van der Waals surface area contributed by atoms with Gasteiger partial charge in [-0.2, -0.15) is 0 Å². The molecule has 0 spiro atoms. The molecule has 0 radical (unpaired) electrons. The van der Waals surface area contributed by atoms with Crippen molar-refractivity contribution in [1.29, 1.82) is 0 Å². The summed E-state index contributed by atoms with van der Waals surface area (Å²) >= 11 is 5.87. The number of nitrogens with two attached hydrogens (primary N) is 1. The first-order valence-electron chi connectivity index (χ1n) is 7.44. The zero-order valence-electron chi connectivity index (χ0n) is 13.8. The number of imidazole rings is 1. The molecule has 0 aliphatic carbocycles. The molecule has 0 saturated heterocycles. The number of halogens is 1. The van der Waals surface area contributed by atoms with Crippen LogP contribution in [0.2, 0.25) is 5.28 Å². The molecule has 9 heteroatoms. The van der Waals surface area contributed by atoms with Crippen molar-refractivity contribution < 1.29 is 14.3 Å². The van der Waals surface area contributed by atoms with Gasteiger partial charge in [-0.1, -0.05) is 0 Å². The lowest BCUT2D eigenvalue weighted by atomic mass is 10.2. The van der Waals surface area contributed by atoms with Crippen molar-refractivity contribution in [2.45, 2.75) is 26.4 Å². The van der Waals surface area contributed by atoms with Crippen LogP contribution in [0.5, 0.6) is 0 Å². The van der Waals surface area contributed by atoms with Gasteiger partial charge in [-0.3, -0.25) is 0 Å². The maximum Gasteiger partial charge on any atom is 0.374 e. The van der Waals surface area contributed by atoms with E-state index in [-0.39, 0.29) is 23.8 Å². The molecule has 0 amide bonds. The van der Waals surface area contributed by atoms with Gasteiger partial charge in [0, 0.05) is 32.1 Å². The first-order chi connectivity index (χ1) is 11.5. The molecular weight excluding hydrogens is 334 g/mol. The molecule has 24 heavy (non-hydrogen) atoms. The first-order valence-corrected chi connectivity index (χ1v) is 7.82. The quantitative estimate of drug-likeness (QED) is 0.593. The van der Waals surface area contributed by atoms with Gasteiger partial charge >= 0.3 is 5.97 Å². The standard InChI is InChI=1S/C15H20ClN5O3/c1-4-24-14(22)13-19-11(7-21(13)6-10(17)8-23-3)12-9(2)5-18-15(16)20-12/h5,7,10H,4,6,8,17H2,1-3H3. The summed E-state index contributed by atoms with van der Waals surface area (Å²) in [6.07, 6.45) is 3.30. The normalized spacial score (nSPS) is 12.2. The fourth-order valence-electron chi connectivity index (χ4n) is 2.23. The van der Waals surface area contributed by atoms with E-state index in [0.29, 0.717) is 24.5 Å². The summed E-state index contributed by atoms with van der Waals surface area (Å²) in [6.45, 7) is 4.53. The molecule has 0 fully saturated rings. The molecule has 130 valence electrons. The number of hydrogen-bond acceptors (Lipinski definition) is 7. The van der Waals surface area contributed by atoms with Crippen LogP contribution >= 0.6 is 11.6 Å². The molecule has 1 unspecified atom stereocenters. The Hall–Kier alpha value is -2.03. The molecular formula is C15H20ClN5O3. The number of ether oxygens (including phenoxy) is 2. The van der Waals surface area contributed by atoms with Gasteiger partial charge in [0.25, 0.3) is 0 Å². The number of carbonyl (C=O) groups is 1. The Labute approximate surface area is 145 Å². The van der Waals surface area contributed by atoms with Gasteiger partial charge in [-0.15, -0.1) is 0 Å². The highest BCUT2D eigenvalue weighted by atomic mass is 35.5. The minimum absolute atomic E-state index is 0.110. The smallest absolute Gasteiger partial charge is 0.374 e. The van der Waals surface area contributed by atoms with Gasteiger partial charge < -0.3 is 19.8 Å². The monoisotopic (exact) mass is 353 g/mol. The largest absolute Gasteiger partial charge is 0.460 e. The Morgan fingerprint density at radius 2 is 2.21 bits per heavy atom. The lowest BCUT2D eigenvalue weighted by Gasteiger charge is -2.12. The van der Waals surface area contributed by atoms with Crippen LogP contribution in [0.25, 0.3) is 11.4 Å². The maximum atomic E-state index is 12.2. The molecule has 0 bridgehead atoms. The zero-order chi connectivity index (χ0) is 17.7. The van der Waals surface area contributed by atoms with Gasteiger partial charge in [0.1, 0.15) is 5.69 Å². The number of nitrogens with zero attached hydrogens (tertiary/aromatic N) is 4. The molecule has 2 aromatic heterocycles. The molecule has 0 aliphatic rings. The van der Waals surface area contributed by atoms with Gasteiger partial charge in [0.05, 0.1) is 18.9 Å². The second kappa shape index (κ2) is 8.18. The SMILES string of the molecule is CCOC(=O)c1nc(-c2nc(Cl)ncc2C)cn1CC(N)COC. The number of methoxy groups -OCH3 is 1. The Balaban J connectivity index is 2.43. The van der Waals surface area contributed by atoms with Gasteiger partial charge in [-0.05, 0) is 31.0 Å². The molecule has 2 aromatic rings. The Bertz CT molecular complexity index is 719. The van der Waals surface area contributed by atoms with E-state index >= 15 is 0 Å². The third-order valence-corrected chi connectivity index (χ3v) is 3.41. The zero-order valence-corrected chi connectivity index (χ0v) is 14.6. The topological polar surface area (TPSA) is 105 Å². The van der Waals surface area contributed by atoms with Crippen LogP contribution in [0.3, 0.4) is 0 Å². The van der Waals surface area contributed by atoms with Crippen LogP contribution in [0.15, 0.2) is 12.4 Å². The molecule has 8 nitrogen and oxygen atoms in total. The van der Waals surface area contributed by atoms with Crippen LogP contribution in [-0.4, -0.2) is 51.9 Å². The van der Waals surface area contributed by atoms with Crippen molar-refractivity contribution >= 4 is 17.6 Å². The van der Waals surface area contributed by atoms with Gasteiger partial charge in [-0.25, -0.2) is 19.7 Å². The highest BCUT2D eigenvalue weighted by molar-refractivity contribution is 6.28. The fourth-order valence-corrected chi connectivity index (χ4v) is 2.36. The Morgan fingerprint density at radius 3 is 2.88 bits per heavy atom. The molecule has 0 aliphatic heterocycles. The van der Waals surface area contributed by atoms with Crippen LogP contribution in [-0.2, 0) is 16.0 Å². The van der Waals surface area contributed by atoms with Crippen LogP contribution < -0.4 is 5.73 Å². The van der Waals surface area contributed by atoms with Crippen molar-refractivity contribution in [2.24, 2.45) is 5.73 Å². The summed E-state index contributed by atoms with van der Waals surface area (Å²) < 4.78 is 11.7. The van der Waals surface area contributed by atoms with Crippen LogP contribution in [0.4, 0.5) is 0 Å². The summed E-state index contributed by atoms with van der Waals surface area (Å²) in [5, 5.41) is 0.110. The second-order valence-corrected chi connectivity index (χ2v) is 5.55. The molecule has 2 heterocycles. The van der Waals surface area contributed by atoms with Crippen molar-refractivity contribution in [1.82, 2.24) is 19.5 Å². The van der Waals surface area contributed by atoms with Crippen molar-refractivity contribution in [3.63, 3.8) is 0 Å². The molecule has 2 N–H and O–H groups in total. The van der Waals surface area contributed by atoms with Crippen molar-refractivity contribution in [2.75, 3.05) is 20.3 Å². The van der Waals surface area contributed by atoms with E-state index in [2.05, 4.69) is 15.0 Å². The summed E-state index contributed by atoms with van der Waals surface area (Å²) in [6, 6.07) is -0.291. The number of aromatic nitrogens is 4. The summed E-state index contributed by atoms with van der Waals surface area (Å²) in [4.78, 5) is 24.6. The predicted molar refractivity (Wildman–Crippen MR) is 88.8 cm³/mol.